The fraction of sp³-hybridized carbons (Fsp3) is 0.529. The molecular formula is C17H24FN3O3. The van der Waals surface area contributed by atoms with Gasteiger partial charge in [-0.15, -0.1) is 0 Å². The first-order valence-corrected chi connectivity index (χ1v) is 7.82. The van der Waals surface area contributed by atoms with Crippen molar-refractivity contribution in [3.05, 3.63) is 29.6 Å². The van der Waals surface area contributed by atoms with E-state index in [1.54, 1.807) is 25.1 Å². The Morgan fingerprint density at radius 2 is 1.92 bits per heavy atom. The van der Waals surface area contributed by atoms with Crippen molar-refractivity contribution in [3.63, 3.8) is 0 Å². The minimum Gasteiger partial charge on any atom is -0.444 e. The second kappa shape index (κ2) is 6.67. The zero-order chi connectivity index (χ0) is 18.1. The van der Waals surface area contributed by atoms with Crippen LogP contribution in [0.4, 0.5) is 14.9 Å². The van der Waals surface area contributed by atoms with Crippen LogP contribution in [0.3, 0.4) is 0 Å². The van der Waals surface area contributed by atoms with E-state index in [1.807, 2.05) is 20.8 Å². The molecule has 1 heterocycles. The first kappa shape index (κ1) is 18.0. The number of hydrogen-bond donors (Lipinski definition) is 1. The van der Waals surface area contributed by atoms with Crippen molar-refractivity contribution in [1.82, 2.24) is 9.80 Å². The number of carbonyl (C=O) groups is 2. The number of nitrogens with one attached hydrogen (secondary N) is 1. The number of likely N-dealkylation sites (tertiary alicyclic amines) is 1. The van der Waals surface area contributed by atoms with Crippen molar-refractivity contribution < 1.29 is 18.7 Å². The minimum atomic E-state index is -0.568. The van der Waals surface area contributed by atoms with Gasteiger partial charge in [0.1, 0.15) is 11.4 Å². The van der Waals surface area contributed by atoms with Gasteiger partial charge in [0.15, 0.2) is 0 Å². The largest absolute Gasteiger partial charge is 0.444 e. The SMILES string of the molecule is CN(C)C(=O)c1ccc(NC2CN(C(=O)OC(C)(C)C)C2)cc1F. The van der Waals surface area contributed by atoms with Crippen molar-refractivity contribution >= 4 is 17.7 Å². The van der Waals surface area contributed by atoms with E-state index in [4.69, 9.17) is 4.74 Å². The quantitative estimate of drug-likeness (QED) is 0.921. The van der Waals surface area contributed by atoms with Gasteiger partial charge in [-0.1, -0.05) is 0 Å². The van der Waals surface area contributed by atoms with Crippen LogP contribution in [0, 0.1) is 5.82 Å². The molecule has 1 aliphatic rings. The van der Waals surface area contributed by atoms with Crippen LogP contribution in [-0.4, -0.2) is 60.6 Å². The summed E-state index contributed by atoms with van der Waals surface area (Å²) >= 11 is 0. The van der Waals surface area contributed by atoms with Crippen LogP contribution in [-0.2, 0) is 4.74 Å². The van der Waals surface area contributed by atoms with Crippen LogP contribution in [0.1, 0.15) is 31.1 Å². The average molecular weight is 337 g/mol. The fourth-order valence-electron chi connectivity index (χ4n) is 2.30. The average Bonchev–Trinajstić information content (AvgIpc) is 2.39. The van der Waals surface area contributed by atoms with Gasteiger partial charge in [-0.25, -0.2) is 9.18 Å². The Morgan fingerprint density at radius 3 is 2.42 bits per heavy atom. The van der Waals surface area contributed by atoms with Crippen LogP contribution in [0.25, 0.3) is 0 Å². The van der Waals surface area contributed by atoms with Crippen molar-refractivity contribution in [1.29, 1.82) is 0 Å². The highest BCUT2D eigenvalue weighted by Gasteiger charge is 2.33. The van der Waals surface area contributed by atoms with Crippen molar-refractivity contribution in [2.75, 3.05) is 32.5 Å². The molecule has 1 N–H and O–H groups in total. The summed E-state index contributed by atoms with van der Waals surface area (Å²) in [7, 11) is 3.15. The van der Waals surface area contributed by atoms with Crippen LogP contribution < -0.4 is 5.32 Å². The first-order valence-electron chi connectivity index (χ1n) is 7.82. The number of rotatable bonds is 3. The van der Waals surface area contributed by atoms with Crippen molar-refractivity contribution in [2.24, 2.45) is 0 Å². The number of ether oxygens (including phenoxy) is 1. The molecule has 7 heteroatoms. The van der Waals surface area contributed by atoms with Gasteiger partial charge in [0.05, 0.1) is 11.6 Å². The van der Waals surface area contributed by atoms with Crippen LogP contribution in [0.5, 0.6) is 0 Å². The predicted octanol–water partition coefficient (Wildman–Crippen LogP) is 2.56. The van der Waals surface area contributed by atoms with E-state index in [-0.39, 0.29) is 23.6 Å². The Balaban J connectivity index is 1.89. The minimum absolute atomic E-state index is 0.0346. The molecule has 132 valence electrons. The number of anilines is 1. The number of hydrogen-bond acceptors (Lipinski definition) is 4. The number of halogens is 1. The summed E-state index contributed by atoms with van der Waals surface area (Å²) in [6.45, 7) is 6.45. The third kappa shape index (κ3) is 4.37. The smallest absolute Gasteiger partial charge is 0.410 e. The lowest BCUT2D eigenvalue weighted by atomic mass is 10.1. The zero-order valence-corrected chi connectivity index (χ0v) is 14.7. The highest BCUT2D eigenvalue weighted by molar-refractivity contribution is 5.94. The molecule has 0 unspecified atom stereocenters. The zero-order valence-electron chi connectivity index (χ0n) is 14.7. The van der Waals surface area contributed by atoms with Gasteiger partial charge in [-0.3, -0.25) is 4.79 Å². The van der Waals surface area contributed by atoms with E-state index in [9.17, 15) is 14.0 Å². The molecule has 2 amide bonds. The molecule has 0 radical (unpaired) electrons. The molecule has 1 aromatic rings. The second-order valence-corrected chi connectivity index (χ2v) is 7.12. The summed E-state index contributed by atoms with van der Waals surface area (Å²) in [6.07, 6.45) is -0.348. The molecule has 0 saturated carbocycles. The lowest BCUT2D eigenvalue weighted by Gasteiger charge is -2.40. The maximum atomic E-state index is 14.1. The third-order valence-electron chi connectivity index (χ3n) is 3.51. The third-order valence-corrected chi connectivity index (χ3v) is 3.51. The Kier molecular flexibility index (Phi) is 5.01. The van der Waals surface area contributed by atoms with E-state index in [0.29, 0.717) is 18.8 Å². The number of nitrogens with zero attached hydrogens (tertiary/aromatic N) is 2. The first-order chi connectivity index (χ1) is 11.1. The maximum absolute atomic E-state index is 14.1. The Morgan fingerprint density at radius 1 is 1.29 bits per heavy atom. The molecule has 2 rings (SSSR count). The van der Waals surface area contributed by atoms with E-state index >= 15 is 0 Å². The van der Waals surface area contributed by atoms with Crippen molar-refractivity contribution in [3.8, 4) is 0 Å². The lowest BCUT2D eigenvalue weighted by molar-refractivity contribution is 0.0105. The van der Waals surface area contributed by atoms with Crippen LogP contribution in [0.15, 0.2) is 18.2 Å². The standard InChI is InChI=1S/C17H24FN3O3/c1-17(2,3)24-16(23)21-9-12(10-21)19-11-6-7-13(14(18)8-11)15(22)20(4)5/h6-8,12,19H,9-10H2,1-5H3. The molecule has 0 atom stereocenters. The maximum Gasteiger partial charge on any atom is 0.410 e. The molecule has 0 aliphatic carbocycles. The van der Waals surface area contributed by atoms with Gasteiger partial charge in [0.25, 0.3) is 5.91 Å². The number of carbonyl (C=O) groups excluding carboxylic acids is 2. The predicted molar refractivity (Wildman–Crippen MR) is 89.6 cm³/mol. The summed E-state index contributed by atoms with van der Waals surface area (Å²) < 4.78 is 19.3. The monoisotopic (exact) mass is 337 g/mol. The molecule has 1 aliphatic heterocycles. The normalized spacial score (nSPS) is 14.8. The fourth-order valence-corrected chi connectivity index (χ4v) is 2.30. The summed E-state index contributed by atoms with van der Waals surface area (Å²) in [5.41, 5.74) is 0.0965. The van der Waals surface area contributed by atoms with Gasteiger partial charge >= 0.3 is 6.09 Å². The Labute approximate surface area is 141 Å². The van der Waals surface area contributed by atoms with Gasteiger partial charge < -0.3 is 19.9 Å². The topological polar surface area (TPSA) is 61.9 Å². The number of amides is 2. The molecule has 24 heavy (non-hydrogen) atoms. The Bertz CT molecular complexity index is 634. The van der Waals surface area contributed by atoms with Crippen LogP contribution in [0.2, 0.25) is 0 Å². The highest BCUT2D eigenvalue weighted by Crippen LogP contribution is 2.21. The molecule has 0 bridgehead atoms. The molecule has 1 aromatic carbocycles. The van der Waals surface area contributed by atoms with Gasteiger partial charge in [-0.05, 0) is 39.0 Å². The van der Waals surface area contributed by atoms with Gasteiger partial charge in [0.2, 0.25) is 0 Å². The molecule has 1 saturated heterocycles. The lowest BCUT2D eigenvalue weighted by Crippen LogP contribution is -2.57. The molecular weight excluding hydrogens is 313 g/mol. The van der Waals surface area contributed by atoms with Crippen LogP contribution >= 0.6 is 0 Å². The Hall–Kier alpha value is -2.31. The molecule has 0 spiro atoms. The molecule has 0 aromatic heterocycles. The highest BCUT2D eigenvalue weighted by atomic mass is 19.1. The summed E-state index contributed by atoms with van der Waals surface area (Å²) in [6, 6.07) is 4.46. The van der Waals surface area contributed by atoms with E-state index in [2.05, 4.69) is 5.32 Å². The molecule has 6 nitrogen and oxygen atoms in total. The van der Waals surface area contributed by atoms with E-state index in [1.165, 1.54) is 17.0 Å². The number of benzene rings is 1. The van der Waals surface area contributed by atoms with Gasteiger partial charge in [0, 0.05) is 32.9 Å². The summed E-state index contributed by atoms with van der Waals surface area (Å²) in [5.74, 6) is -0.944. The molecule has 1 fully saturated rings. The summed E-state index contributed by atoms with van der Waals surface area (Å²) in [5, 5.41) is 3.15. The van der Waals surface area contributed by atoms with Crippen molar-refractivity contribution in [2.45, 2.75) is 32.4 Å². The second-order valence-electron chi connectivity index (χ2n) is 7.12. The van der Waals surface area contributed by atoms with Gasteiger partial charge in [-0.2, -0.15) is 0 Å². The summed E-state index contributed by atoms with van der Waals surface area (Å²) in [4.78, 5) is 26.6. The van der Waals surface area contributed by atoms with E-state index in [0.717, 1.165) is 0 Å². The van der Waals surface area contributed by atoms with E-state index < -0.39 is 11.4 Å².